The molecule has 1 heterocycles. The van der Waals surface area contributed by atoms with E-state index in [1.54, 1.807) is 18.2 Å². The lowest BCUT2D eigenvalue weighted by Gasteiger charge is -2.14. The van der Waals surface area contributed by atoms with Gasteiger partial charge in [0.1, 0.15) is 6.04 Å². The van der Waals surface area contributed by atoms with Crippen LogP contribution in [0.3, 0.4) is 0 Å². The number of non-ortho nitro benzene ring substituents is 1. The maximum absolute atomic E-state index is 12.3. The van der Waals surface area contributed by atoms with E-state index in [1.807, 2.05) is 0 Å². The van der Waals surface area contributed by atoms with Crippen molar-refractivity contribution in [2.75, 3.05) is 5.32 Å². The molecule has 138 valence electrons. The topological polar surface area (TPSA) is 150 Å². The molecule has 0 saturated heterocycles. The number of amides is 2. The lowest BCUT2D eigenvalue weighted by Crippen LogP contribution is -2.41. The van der Waals surface area contributed by atoms with E-state index >= 15 is 0 Å². The van der Waals surface area contributed by atoms with Crippen LogP contribution in [0.4, 0.5) is 11.4 Å². The summed E-state index contributed by atoms with van der Waals surface area (Å²) in [5.74, 6) is -1.09. The summed E-state index contributed by atoms with van der Waals surface area (Å²) in [6.07, 6.45) is 0. The van der Waals surface area contributed by atoms with E-state index in [2.05, 4.69) is 20.6 Å². The van der Waals surface area contributed by atoms with Crippen molar-refractivity contribution in [1.29, 1.82) is 0 Å². The Hall–Kier alpha value is -3.95. The smallest absolute Gasteiger partial charge is 0.323 e. The lowest BCUT2D eigenvalue weighted by molar-refractivity contribution is -0.384. The number of nitrogens with one attached hydrogen (secondary N) is 4. The molecule has 0 spiro atoms. The van der Waals surface area contributed by atoms with Crippen molar-refractivity contribution in [3.05, 3.63) is 68.6 Å². The summed E-state index contributed by atoms with van der Waals surface area (Å²) >= 11 is 0. The maximum Gasteiger partial charge on any atom is 0.323 e. The van der Waals surface area contributed by atoms with Gasteiger partial charge in [-0.05, 0) is 31.2 Å². The number of nitro groups is 1. The van der Waals surface area contributed by atoms with E-state index in [-0.39, 0.29) is 16.9 Å². The Bertz CT molecular complexity index is 1100. The number of anilines is 1. The minimum atomic E-state index is -0.891. The molecule has 0 fully saturated rings. The fourth-order valence-corrected chi connectivity index (χ4v) is 2.47. The first-order valence-corrected chi connectivity index (χ1v) is 7.92. The monoisotopic (exact) mass is 369 g/mol. The highest BCUT2D eigenvalue weighted by molar-refractivity contribution is 6.01. The molecule has 4 N–H and O–H groups in total. The second-order valence-corrected chi connectivity index (χ2v) is 5.83. The summed E-state index contributed by atoms with van der Waals surface area (Å²) in [4.78, 5) is 51.1. The summed E-state index contributed by atoms with van der Waals surface area (Å²) in [7, 11) is 0. The number of H-pyrrole nitrogens is 2. The van der Waals surface area contributed by atoms with Crippen LogP contribution in [-0.4, -0.2) is 32.7 Å². The van der Waals surface area contributed by atoms with Crippen LogP contribution in [0.25, 0.3) is 11.0 Å². The van der Waals surface area contributed by atoms with Gasteiger partial charge in [-0.3, -0.25) is 19.7 Å². The van der Waals surface area contributed by atoms with Gasteiger partial charge in [0.2, 0.25) is 5.91 Å². The Morgan fingerprint density at radius 2 is 1.85 bits per heavy atom. The highest BCUT2D eigenvalue weighted by Crippen LogP contribution is 2.15. The molecule has 0 unspecified atom stereocenters. The number of rotatable bonds is 5. The van der Waals surface area contributed by atoms with Crippen LogP contribution >= 0.6 is 0 Å². The maximum atomic E-state index is 12.3. The fourth-order valence-electron chi connectivity index (χ4n) is 2.47. The molecule has 1 atom stereocenters. The summed E-state index contributed by atoms with van der Waals surface area (Å²) in [5, 5.41) is 15.9. The van der Waals surface area contributed by atoms with Gasteiger partial charge in [0.05, 0.1) is 16.0 Å². The van der Waals surface area contributed by atoms with E-state index in [0.29, 0.717) is 16.7 Å². The molecule has 27 heavy (non-hydrogen) atoms. The summed E-state index contributed by atoms with van der Waals surface area (Å²) in [6, 6.07) is 9.16. The number of imidazole rings is 1. The second-order valence-electron chi connectivity index (χ2n) is 5.83. The minimum Gasteiger partial charge on any atom is -0.341 e. The Kier molecular flexibility index (Phi) is 4.71. The predicted octanol–water partition coefficient (Wildman–Crippen LogP) is 1.52. The molecule has 0 aliphatic carbocycles. The Morgan fingerprint density at radius 3 is 2.59 bits per heavy atom. The number of benzene rings is 2. The van der Waals surface area contributed by atoms with Gasteiger partial charge in [-0.2, -0.15) is 0 Å². The highest BCUT2D eigenvalue weighted by Gasteiger charge is 2.18. The van der Waals surface area contributed by atoms with E-state index in [4.69, 9.17) is 0 Å². The van der Waals surface area contributed by atoms with Crippen LogP contribution in [0.5, 0.6) is 0 Å². The zero-order chi connectivity index (χ0) is 19.6. The van der Waals surface area contributed by atoms with E-state index in [9.17, 15) is 24.5 Å². The number of carbonyl (C=O) groups excluding carboxylic acids is 2. The molecule has 10 heteroatoms. The second kappa shape index (κ2) is 7.12. The first-order valence-electron chi connectivity index (χ1n) is 7.92. The number of fused-ring (bicyclic) bond motifs is 1. The number of nitro benzene ring substituents is 1. The fraction of sp³-hybridized carbons (Fsp3) is 0.118. The molecule has 0 aliphatic heterocycles. The molecular weight excluding hydrogens is 354 g/mol. The predicted molar refractivity (Wildman–Crippen MR) is 97.6 cm³/mol. The Morgan fingerprint density at radius 1 is 1.11 bits per heavy atom. The van der Waals surface area contributed by atoms with E-state index in [0.717, 1.165) is 6.07 Å². The third-order valence-corrected chi connectivity index (χ3v) is 3.84. The summed E-state index contributed by atoms with van der Waals surface area (Å²) in [5.41, 5.74) is 1.09. The molecule has 2 aromatic carbocycles. The van der Waals surface area contributed by atoms with Crippen LogP contribution in [0.2, 0.25) is 0 Å². The average molecular weight is 369 g/mol. The van der Waals surface area contributed by atoms with Crippen molar-refractivity contribution in [1.82, 2.24) is 15.3 Å². The molecule has 0 radical (unpaired) electrons. The summed E-state index contributed by atoms with van der Waals surface area (Å²) in [6.45, 7) is 1.49. The van der Waals surface area contributed by atoms with Crippen molar-refractivity contribution in [3.63, 3.8) is 0 Å². The molecule has 10 nitrogen and oxygen atoms in total. The molecular formula is C17H15N5O5. The molecule has 0 bridgehead atoms. The Labute approximate surface area is 151 Å². The Balaban J connectivity index is 1.67. The average Bonchev–Trinajstić information content (AvgIpc) is 3.00. The van der Waals surface area contributed by atoms with E-state index in [1.165, 1.54) is 25.1 Å². The SMILES string of the molecule is C[C@H](NC(=O)c1cccc([N+](=O)[O-])c1)C(=O)Nc1ccc2[nH]c(=O)[nH]c2c1. The van der Waals surface area contributed by atoms with Crippen molar-refractivity contribution < 1.29 is 14.5 Å². The number of carbonyl (C=O) groups is 2. The highest BCUT2D eigenvalue weighted by atomic mass is 16.6. The minimum absolute atomic E-state index is 0.0789. The molecule has 2 amide bonds. The van der Waals surface area contributed by atoms with Gasteiger partial charge >= 0.3 is 5.69 Å². The largest absolute Gasteiger partial charge is 0.341 e. The van der Waals surface area contributed by atoms with Crippen LogP contribution in [0.15, 0.2) is 47.3 Å². The quantitative estimate of drug-likeness (QED) is 0.397. The van der Waals surface area contributed by atoms with Gasteiger partial charge in [0.25, 0.3) is 11.6 Å². The summed E-state index contributed by atoms with van der Waals surface area (Å²) < 4.78 is 0. The molecule has 3 aromatic rings. The van der Waals surface area contributed by atoms with Crippen LogP contribution in [-0.2, 0) is 4.79 Å². The molecule has 0 saturated carbocycles. The van der Waals surface area contributed by atoms with Crippen molar-refractivity contribution in [2.45, 2.75) is 13.0 Å². The van der Waals surface area contributed by atoms with Crippen LogP contribution in [0.1, 0.15) is 17.3 Å². The van der Waals surface area contributed by atoms with Crippen LogP contribution < -0.4 is 16.3 Å². The van der Waals surface area contributed by atoms with Gasteiger partial charge in [0, 0.05) is 23.4 Å². The third kappa shape index (κ3) is 4.00. The van der Waals surface area contributed by atoms with Crippen molar-refractivity contribution >= 4 is 34.2 Å². The van der Waals surface area contributed by atoms with Gasteiger partial charge in [0.15, 0.2) is 0 Å². The zero-order valence-corrected chi connectivity index (χ0v) is 14.1. The van der Waals surface area contributed by atoms with Gasteiger partial charge in [-0.1, -0.05) is 6.07 Å². The van der Waals surface area contributed by atoms with Gasteiger partial charge in [-0.15, -0.1) is 0 Å². The number of aromatic nitrogens is 2. The third-order valence-electron chi connectivity index (χ3n) is 3.84. The first kappa shape index (κ1) is 17.9. The first-order chi connectivity index (χ1) is 12.8. The zero-order valence-electron chi connectivity index (χ0n) is 14.1. The van der Waals surface area contributed by atoms with E-state index < -0.39 is 22.8 Å². The molecule has 0 aliphatic rings. The normalized spacial score (nSPS) is 11.7. The number of aromatic amines is 2. The number of nitrogens with zero attached hydrogens (tertiary/aromatic N) is 1. The number of hydrogen-bond donors (Lipinski definition) is 4. The molecule has 1 aromatic heterocycles. The number of hydrogen-bond acceptors (Lipinski definition) is 5. The van der Waals surface area contributed by atoms with Crippen molar-refractivity contribution in [3.8, 4) is 0 Å². The van der Waals surface area contributed by atoms with Crippen LogP contribution in [0, 0.1) is 10.1 Å². The lowest BCUT2D eigenvalue weighted by atomic mass is 10.1. The van der Waals surface area contributed by atoms with Crippen molar-refractivity contribution in [2.24, 2.45) is 0 Å². The standard InChI is InChI=1S/C17H15N5O5/c1-9(18-16(24)10-3-2-4-12(7-10)22(26)27)15(23)19-11-5-6-13-14(8-11)21-17(25)20-13/h2-9H,1H3,(H,18,24)(H,19,23)(H2,20,21,25)/t9-/m0/s1. The van der Waals surface area contributed by atoms with Gasteiger partial charge < -0.3 is 20.6 Å². The van der Waals surface area contributed by atoms with Gasteiger partial charge in [-0.25, -0.2) is 4.79 Å². The molecule has 3 rings (SSSR count).